The summed E-state index contributed by atoms with van der Waals surface area (Å²) >= 11 is 1.48. The van der Waals surface area contributed by atoms with Crippen LogP contribution in [0.2, 0.25) is 0 Å². The summed E-state index contributed by atoms with van der Waals surface area (Å²) in [5.74, 6) is -0.846. The van der Waals surface area contributed by atoms with Gasteiger partial charge in [-0.05, 0) is 30.5 Å². The van der Waals surface area contributed by atoms with Crippen LogP contribution in [0.4, 0.5) is 0 Å². The third-order valence-electron chi connectivity index (χ3n) is 2.73. The Balaban J connectivity index is 2.42. The van der Waals surface area contributed by atoms with E-state index in [1.165, 1.54) is 22.5 Å². The van der Waals surface area contributed by atoms with Crippen LogP contribution in [0.15, 0.2) is 23.7 Å². The highest BCUT2D eigenvalue weighted by Crippen LogP contribution is 2.29. The summed E-state index contributed by atoms with van der Waals surface area (Å²) in [6.45, 7) is 4.11. The zero-order valence-electron chi connectivity index (χ0n) is 9.73. The van der Waals surface area contributed by atoms with Crippen molar-refractivity contribution in [3.8, 4) is 10.4 Å². The highest BCUT2D eigenvalue weighted by atomic mass is 32.1. The summed E-state index contributed by atoms with van der Waals surface area (Å²) in [5, 5.41) is 8.82. The van der Waals surface area contributed by atoms with Gasteiger partial charge in [0.2, 0.25) is 0 Å². The number of carboxylic acids is 1. The van der Waals surface area contributed by atoms with E-state index in [1.807, 2.05) is 6.07 Å². The summed E-state index contributed by atoms with van der Waals surface area (Å²) in [5.41, 5.74) is 5.83. The van der Waals surface area contributed by atoms with E-state index >= 15 is 0 Å². The number of rotatable bonds is 3. The molecule has 2 rings (SSSR count). The Morgan fingerprint density at radius 1 is 1.35 bits per heavy atom. The molecule has 0 radical (unpaired) electrons. The largest absolute Gasteiger partial charge is 0.481 e. The van der Waals surface area contributed by atoms with Gasteiger partial charge in [-0.15, -0.1) is 11.3 Å². The van der Waals surface area contributed by atoms with E-state index in [9.17, 15) is 4.79 Å². The van der Waals surface area contributed by atoms with Crippen molar-refractivity contribution in [2.24, 2.45) is 0 Å². The first kappa shape index (κ1) is 11.8. The second kappa shape index (κ2) is 4.67. The fourth-order valence-electron chi connectivity index (χ4n) is 1.66. The van der Waals surface area contributed by atoms with Crippen LogP contribution in [0.25, 0.3) is 10.4 Å². The summed E-state index contributed by atoms with van der Waals surface area (Å²) in [7, 11) is 0. The van der Waals surface area contributed by atoms with Crippen LogP contribution in [0.1, 0.15) is 16.8 Å². The van der Waals surface area contributed by atoms with Gasteiger partial charge in [0.25, 0.3) is 0 Å². The van der Waals surface area contributed by atoms with Crippen molar-refractivity contribution in [3.63, 3.8) is 0 Å². The first-order chi connectivity index (χ1) is 8.08. The van der Waals surface area contributed by atoms with Gasteiger partial charge in [-0.2, -0.15) is 0 Å². The molecule has 1 heterocycles. The van der Waals surface area contributed by atoms with Crippen molar-refractivity contribution in [2.45, 2.75) is 20.3 Å². The lowest BCUT2D eigenvalue weighted by molar-refractivity contribution is -0.136. The molecule has 0 saturated heterocycles. The zero-order valence-corrected chi connectivity index (χ0v) is 10.5. The Morgan fingerprint density at radius 3 is 2.76 bits per heavy atom. The second-order valence-electron chi connectivity index (χ2n) is 4.00. The number of hydrogen-bond donors (Lipinski definition) is 1. The van der Waals surface area contributed by atoms with Crippen LogP contribution < -0.4 is 0 Å². The maximum absolute atomic E-state index is 10.7. The van der Waals surface area contributed by atoms with E-state index in [0.717, 1.165) is 10.4 Å². The van der Waals surface area contributed by atoms with E-state index in [-0.39, 0.29) is 6.42 Å². The lowest BCUT2D eigenvalue weighted by Crippen LogP contribution is -2.01. The highest BCUT2D eigenvalue weighted by molar-refractivity contribution is 7.13. The first-order valence-corrected chi connectivity index (χ1v) is 6.17. The van der Waals surface area contributed by atoms with Gasteiger partial charge in [-0.3, -0.25) is 4.79 Å². The van der Waals surface area contributed by atoms with Crippen molar-refractivity contribution in [3.05, 3.63) is 40.5 Å². The van der Waals surface area contributed by atoms with Gasteiger partial charge in [-0.25, -0.2) is 4.98 Å². The Kier molecular flexibility index (Phi) is 3.24. The van der Waals surface area contributed by atoms with Gasteiger partial charge >= 0.3 is 5.97 Å². The molecule has 1 N–H and O–H groups in total. The molecule has 17 heavy (non-hydrogen) atoms. The number of nitrogens with zero attached hydrogens (tertiary/aromatic N) is 1. The SMILES string of the molecule is Cc1ccc(-c2scnc2CC(=O)O)cc1C. The van der Waals surface area contributed by atoms with E-state index in [4.69, 9.17) is 5.11 Å². The molecule has 0 aliphatic heterocycles. The molecular formula is C13H13NO2S. The molecule has 1 aromatic heterocycles. The van der Waals surface area contributed by atoms with Gasteiger partial charge in [0.05, 0.1) is 22.5 Å². The molecule has 88 valence electrons. The number of thiazole rings is 1. The summed E-state index contributed by atoms with van der Waals surface area (Å²) in [4.78, 5) is 15.8. The predicted molar refractivity (Wildman–Crippen MR) is 68.4 cm³/mol. The first-order valence-electron chi connectivity index (χ1n) is 5.29. The monoisotopic (exact) mass is 247 g/mol. The fourth-order valence-corrected chi connectivity index (χ4v) is 2.47. The normalized spacial score (nSPS) is 10.5. The Morgan fingerprint density at radius 2 is 2.12 bits per heavy atom. The molecule has 0 spiro atoms. The van der Waals surface area contributed by atoms with Crippen LogP contribution in [0.5, 0.6) is 0 Å². The van der Waals surface area contributed by atoms with Crippen LogP contribution in [-0.4, -0.2) is 16.1 Å². The van der Waals surface area contributed by atoms with E-state index in [1.54, 1.807) is 5.51 Å². The maximum Gasteiger partial charge on any atom is 0.309 e. The highest BCUT2D eigenvalue weighted by Gasteiger charge is 2.12. The molecule has 0 saturated carbocycles. The topological polar surface area (TPSA) is 50.2 Å². The number of aromatic nitrogens is 1. The van der Waals surface area contributed by atoms with Crippen LogP contribution >= 0.6 is 11.3 Å². The molecule has 3 nitrogen and oxygen atoms in total. The lowest BCUT2D eigenvalue weighted by Gasteiger charge is -2.04. The summed E-state index contributed by atoms with van der Waals surface area (Å²) < 4.78 is 0. The molecule has 0 aliphatic rings. The van der Waals surface area contributed by atoms with Gasteiger partial charge in [-0.1, -0.05) is 18.2 Å². The minimum atomic E-state index is -0.846. The van der Waals surface area contributed by atoms with Crippen LogP contribution in [0, 0.1) is 13.8 Å². The average Bonchev–Trinajstić information content (AvgIpc) is 2.69. The number of aliphatic carboxylic acids is 1. The van der Waals surface area contributed by atoms with Crippen molar-refractivity contribution in [1.29, 1.82) is 0 Å². The third kappa shape index (κ3) is 2.53. The Hall–Kier alpha value is -1.68. The third-order valence-corrected chi connectivity index (χ3v) is 3.65. The van der Waals surface area contributed by atoms with Gasteiger partial charge in [0, 0.05) is 0 Å². The number of aryl methyl sites for hydroxylation is 2. The Bertz CT molecular complexity index is 560. The molecule has 0 unspecified atom stereocenters. The molecule has 0 fully saturated rings. The minimum Gasteiger partial charge on any atom is -0.481 e. The molecule has 0 bridgehead atoms. The fraction of sp³-hybridized carbons (Fsp3) is 0.231. The maximum atomic E-state index is 10.7. The summed E-state index contributed by atoms with van der Waals surface area (Å²) in [6.07, 6.45) is -0.0221. The van der Waals surface area contributed by atoms with E-state index in [0.29, 0.717) is 5.69 Å². The number of carboxylic acid groups (broad SMARTS) is 1. The number of benzene rings is 1. The molecule has 0 aliphatic carbocycles. The molecular weight excluding hydrogens is 234 g/mol. The quantitative estimate of drug-likeness (QED) is 0.906. The molecule has 0 atom stereocenters. The number of hydrogen-bond acceptors (Lipinski definition) is 3. The van der Waals surface area contributed by atoms with Gasteiger partial charge < -0.3 is 5.11 Å². The van der Waals surface area contributed by atoms with Gasteiger partial charge in [0.1, 0.15) is 0 Å². The standard InChI is InChI=1S/C13H13NO2S/c1-8-3-4-10(5-9(8)2)13-11(6-12(15)16)14-7-17-13/h3-5,7H,6H2,1-2H3,(H,15,16). The average molecular weight is 247 g/mol. The van der Waals surface area contributed by atoms with E-state index < -0.39 is 5.97 Å². The molecule has 0 amide bonds. The zero-order chi connectivity index (χ0) is 12.4. The molecule has 4 heteroatoms. The van der Waals surface area contributed by atoms with Crippen LogP contribution in [-0.2, 0) is 11.2 Å². The van der Waals surface area contributed by atoms with Crippen molar-refractivity contribution in [2.75, 3.05) is 0 Å². The summed E-state index contributed by atoms with van der Waals surface area (Å²) in [6, 6.07) is 6.14. The minimum absolute atomic E-state index is 0.0221. The van der Waals surface area contributed by atoms with Gasteiger partial charge in [0.15, 0.2) is 0 Å². The molecule has 2 aromatic rings. The second-order valence-corrected chi connectivity index (χ2v) is 4.85. The smallest absolute Gasteiger partial charge is 0.309 e. The van der Waals surface area contributed by atoms with Crippen LogP contribution in [0.3, 0.4) is 0 Å². The molecule has 1 aromatic carbocycles. The van der Waals surface area contributed by atoms with Crippen molar-refractivity contribution < 1.29 is 9.90 Å². The predicted octanol–water partition coefficient (Wildman–Crippen LogP) is 3.05. The van der Waals surface area contributed by atoms with E-state index in [2.05, 4.69) is 31.0 Å². The van der Waals surface area contributed by atoms with Crippen molar-refractivity contribution >= 4 is 17.3 Å². The van der Waals surface area contributed by atoms with Crippen molar-refractivity contribution in [1.82, 2.24) is 4.98 Å². The Labute approximate surface area is 104 Å². The number of carbonyl (C=O) groups is 1. The lowest BCUT2D eigenvalue weighted by atomic mass is 10.0.